The molecule has 1 amide bonds. The first-order valence-electron chi connectivity index (χ1n) is 8.78. The number of nitrogens with one attached hydrogen (secondary N) is 1. The molecule has 2 aromatic carbocycles. The maximum Gasteiger partial charge on any atom is 0.450 e. The second kappa shape index (κ2) is 7.42. The molecule has 2 heterocycles. The number of benzene rings is 2. The topological polar surface area (TPSA) is 72.7 Å². The highest BCUT2D eigenvalue weighted by molar-refractivity contribution is 6.03. The summed E-state index contributed by atoms with van der Waals surface area (Å²) in [5, 5.41) is 2.22. The fourth-order valence-electron chi connectivity index (χ4n) is 2.97. The number of hydrogen-bond acceptors (Lipinski definition) is 4. The van der Waals surface area contributed by atoms with E-state index in [0.29, 0.717) is 6.07 Å². The number of amides is 1. The number of imidazole rings is 1. The Morgan fingerprint density at radius 1 is 1.03 bits per heavy atom. The fraction of sp³-hybridized carbons (Fsp3) is 0.100. The molecule has 0 saturated carbocycles. The van der Waals surface area contributed by atoms with Crippen molar-refractivity contribution in [2.24, 2.45) is 0 Å². The van der Waals surface area contributed by atoms with Crippen LogP contribution >= 0.6 is 0 Å². The summed E-state index contributed by atoms with van der Waals surface area (Å²) in [6, 6.07) is 6.99. The number of alkyl halides is 3. The van der Waals surface area contributed by atoms with Crippen molar-refractivity contribution in [1.82, 2.24) is 19.5 Å². The molecule has 2 aromatic heterocycles. The van der Waals surface area contributed by atoms with E-state index < -0.39 is 35.1 Å². The van der Waals surface area contributed by atoms with Crippen LogP contribution in [0, 0.1) is 18.6 Å². The molecule has 0 unspecified atom stereocenters. The molecule has 0 spiro atoms. The smallest absolute Gasteiger partial charge is 0.305 e. The van der Waals surface area contributed by atoms with E-state index in [2.05, 4.69) is 20.3 Å². The van der Waals surface area contributed by atoms with Crippen LogP contribution in [0.2, 0.25) is 0 Å². The highest BCUT2D eigenvalue weighted by atomic mass is 19.4. The lowest BCUT2D eigenvalue weighted by Gasteiger charge is -2.11. The molecule has 0 radical (unpaired) electrons. The highest BCUT2D eigenvalue weighted by Gasteiger charge is 2.38. The van der Waals surface area contributed by atoms with Gasteiger partial charge in [-0.25, -0.2) is 23.7 Å². The summed E-state index contributed by atoms with van der Waals surface area (Å²) in [7, 11) is 0. The lowest BCUT2D eigenvalue weighted by atomic mass is 10.2. The van der Waals surface area contributed by atoms with Crippen LogP contribution in [0.15, 0.2) is 48.8 Å². The quantitative estimate of drug-likeness (QED) is 0.477. The Labute approximate surface area is 171 Å². The monoisotopic (exact) mass is 433 g/mol. The standard InChI is InChI=1S/C20H12F5N5O/c1-10-2-5-15-14(6-10)28-19(20(23,24)25)30(15)17-9-26-16(8-27-17)29-18(31)12-7-11(21)3-4-13(12)22/h2-9H,1H3,(H,26,29,31). The summed E-state index contributed by atoms with van der Waals surface area (Å²) < 4.78 is 68.4. The van der Waals surface area contributed by atoms with Crippen molar-refractivity contribution in [2.75, 3.05) is 5.32 Å². The zero-order valence-corrected chi connectivity index (χ0v) is 15.7. The molecule has 158 valence electrons. The average Bonchev–Trinajstić information content (AvgIpc) is 3.09. The number of aromatic nitrogens is 4. The minimum absolute atomic E-state index is 0.132. The molecular formula is C20H12F5N5O. The molecule has 11 heteroatoms. The Bertz CT molecular complexity index is 1300. The summed E-state index contributed by atoms with van der Waals surface area (Å²) in [5.41, 5.74) is 0.486. The van der Waals surface area contributed by atoms with E-state index in [9.17, 15) is 26.7 Å². The first-order valence-corrected chi connectivity index (χ1v) is 8.78. The summed E-state index contributed by atoms with van der Waals surface area (Å²) in [4.78, 5) is 23.6. The number of carbonyl (C=O) groups excluding carboxylic acids is 1. The van der Waals surface area contributed by atoms with Crippen LogP contribution in [0.5, 0.6) is 0 Å². The van der Waals surface area contributed by atoms with E-state index in [4.69, 9.17) is 0 Å². The van der Waals surface area contributed by atoms with Gasteiger partial charge >= 0.3 is 6.18 Å². The molecule has 0 fully saturated rings. The highest BCUT2D eigenvalue weighted by Crippen LogP contribution is 2.33. The molecule has 1 N–H and O–H groups in total. The minimum Gasteiger partial charge on any atom is -0.305 e. The van der Waals surface area contributed by atoms with Gasteiger partial charge in [0, 0.05) is 0 Å². The second-order valence-electron chi connectivity index (χ2n) is 6.60. The van der Waals surface area contributed by atoms with Crippen molar-refractivity contribution >= 4 is 22.8 Å². The van der Waals surface area contributed by atoms with Gasteiger partial charge in [0.1, 0.15) is 11.6 Å². The Morgan fingerprint density at radius 3 is 2.48 bits per heavy atom. The first-order chi connectivity index (χ1) is 14.6. The maximum atomic E-state index is 13.7. The van der Waals surface area contributed by atoms with Crippen molar-refractivity contribution in [3.63, 3.8) is 0 Å². The number of carbonyl (C=O) groups is 1. The van der Waals surface area contributed by atoms with Crippen molar-refractivity contribution in [3.05, 3.63) is 77.4 Å². The molecule has 0 aliphatic heterocycles. The van der Waals surface area contributed by atoms with Crippen LogP contribution in [0.3, 0.4) is 0 Å². The van der Waals surface area contributed by atoms with E-state index in [1.165, 1.54) is 12.1 Å². The Kier molecular flexibility index (Phi) is 4.88. The zero-order valence-electron chi connectivity index (χ0n) is 15.7. The summed E-state index contributed by atoms with van der Waals surface area (Å²) in [5.74, 6) is -4.27. The number of rotatable bonds is 3. The SMILES string of the molecule is Cc1ccc2c(c1)nc(C(F)(F)F)n2-c1cnc(NC(=O)c2cc(F)ccc2F)cn1. The van der Waals surface area contributed by atoms with Crippen LogP contribution in [-0.4, -0.2) is 25.4 Å². The minimum atomic E-state index is -4.75. The maximum absolute atomic E-state index is 13.7. The Hall–Kier alpha value is -3.89. The third-order valence-electron chi connectivity index (χ3n) is 4.35. The van der Waals surface area contributed by atoms with Crippen molar-refractivity contribution in [1.29, 1.82) is 0 Å². The normalized spacial score (nSPS) is 11.7. The molecule has 4 aromatic rings. The van der Waals surface area contributed by atoms with Crippen molar-refractivity contribution in [2.45, 2.75) is 13.1 Å². The number of nitrogens with zero attached hydrogens (tertiary/aromatic N) is 4. The van der Waals surface area contributed by atoms with Gasteiger partial charge in [-0.1, -0.05) is 6.07 Å². The number of hydrogen-bond donors (Lipinski definition) is 1. The van der Waals surface area contributed by atoms with Gasteiger partial charge in [0.05, 0.1) is 29.0 Å². The predicted octanol–water partition coefficient (Wildman–Crippen LogP) is 4.67. The lowest BCUT2D eigenvalue weighted by molar-refractivity contribution is -0.145. The third kappa shape index (κ3) is 3.93. The zero-order chi connectivity index (χ0) is 22.3. The number of fused-ring (bicyclic) bond motifs is 1. The van der Waals surface area contributed by atoms with Gasteiger partial charge in [-0.05, 0) is 42.8 Å². The molecule has 6 nitrogen and oxygen atoms in total. The summed E-state index contributed by atoms with van der Waals surface area (Å²) in [6.45, 7) is 1.73. The second-order valence-corrected chi connectivity index (χ2v) is 6.60. The van der Waals surface area contributed by atoms with Crippen molar-refractivity contribution < 1.29 is 26.7 Å². The van der Waals surface area contributed by atoms with Crippen LogP contribution < -0.4 is 5.32 Å². The lowest BCUT2D eigenvalue weighted by Crippen LogP contribution is -2.17. The van der Waals surface area contributed by atoms with Crippen LogP contribution in [0.25, 0.3) is 16.9 Å². The Balaban J connectivity index is 1.69. The first kappa shape index (κ1) is 20.4. The van der Waals surface area contributed by atoms with Gasteiger partial charge < -0.3 is 5.32 Å². The molecular weight excluding hydrogens is 421 g/mol. The van der Waals surface area contributed by atoms with Gasteiger partial charge in [0.15, 0.2) is 11.6 Å². The molecule has 0 aliphatic carbocycles. The fourth-order valence-corrected chi connectivity index (χ4v) is 2.97. The molecule has 0 saturated heterocycles. The van der Waals surface area contributed by atoms with Gasteiger partial charge in [0.25, 0.3) is 5.91 Å². The predicted molar refractivity (Wildman–Crippen MR) is 101 cm³/mol. The molecule has 0 atom stereocenters. The number of halogens is 5. The van der Waals surface area contributed by atoms with Gasteiger partial charge in [-0.15, -0.1) is 0 Å². The molecule has 0 aliphatic rings. The van der Waals surface area contributed by atoms with Crippen LogP contribution in [0.1, 0.15) is 21.7 Å². The van der Waals surface area contributed by atoms with E-state index in [1.54, 1.807) is 13.0 Å². The summed E-state index contributed by atoms with van der Waals surface area (Å²) >= 11 is 0. The van der Waals surface area contributed by atoms with Gasteiger partial charge in [-0.2, -0.15) is 13.2 Å². The van der Waals surface area contributed by atoms with Gasteiger partial charge in [0.2, 0.25) is 5.82 Å². The van der Waals surface area contributed by atoms with Gasteiger partial charge in [-0.3, -0.25) is 9.36 Å². The molecule has 0 bridgehead atoms. The number of anilines is 1. The molecule has 4 rings (SSSR count). The van der Waals surface area contributed by atoms with Crippen molar-refractivity contribution in [3.8, 4) is 5.82 Å². The Morgan fingerprint density at radius 2 is 1.81 bits per heavy atom. The third-order valence-corrected chi connectivity index (χ3v) is 4.35. The van der Waals surface area contributed by atoms with Crippen LogP contribution in [-0.2, 0) is 6.18 Å². The van der Waals surface area contributed by atoms with E-state index in [-0.39, 0.29) is 22.7 Å². The number of aryl methyl sites for hydroxylation is 1. The summed E-state index contributed by atoms with van der Waals surface area (Å²) in [6.07, 6.45) is -2.74. The average molecular weight is 433 g/mol. The molecule has 31 heavy (non-hydrogen) atoms. The largest absolute Gasteiger partial charge is 0.450 e. The van der Waals surface area contributed by atoms with E-state index >= 15 is 0 Å². The van der Waals surface area contributed by atoms with E-state index in [0.717, 1.165) is 34.7 Å². The van der Waals surface area contributed by atoms with Crippen LogP contribution in [0.4, 0.5) is 27.8 Å². The van der Waals surface area contributed by atoms with E-state index in [1.807, 2.05) is 0 Å².